The van der Waals surface area contributed by atoms with Crippen molar-refractivity contribution in [1.29, 1.82) is 0 Å². The van der Waals surface area contributed by atoms with Crippen molar-refractivity contribution in [2.24, 2.45) is 0 Å². The SMILES string of the molecule is CCCNC(=O)C(C)NC(=O)c1ccc(CNC(=O)NC(C)C)cc1. The lowest BCUT2D eigenvalue weighted by molar-refractivity contribution is -0.122. The third-order valence-electron chi connectivity index (χ3n) is 3.38. The first-order valence-corrected chi connectivity index (χ1v) is 8.55. The summed E-state index contributed by atoms with van der Waals surface area (Å²) in [6, 6.07) is 6.12. The summed E-state index contributed by atoms with van der Waals surface area (Å²) in [5.41, 5.74) is 1.34. The molecule has 4 N–H and O–H groups in total. The van der Waals surface area contributed by atoms with Crippen LogP contribution in [0.15, 0.2) is 24.3 Å². The van der Waals surface area contributed by atoms with Gasteiger partial charge in [-0.2, -0.15) is 0 Å². The van der Waals surface area contributed by atoms with E-state index in [9.17, 15) is 14.4 Å². The van der Waals surface area contributed by atoms with Gasteiger partial charge >= 0.3 is 6.03 Å². The molecule has 0 heterocycles. The van der Waals surface area contributed by atoms with Gasteiger partial charge < -0.3 is 21.3 Å². The molecule has 0 spiro atoms. The summed E-state index contributed by atoms with van der Waals surface area (Å²) >= 11 is 0. The number of nitrogens with one attached hydrogen (secondary N) is 4. The molecule has 25 heavy (non-hydrogen) atoms. The summed E-state index contributed by atoms with van der Waals surface area (Å²) in [6.07, 6.45) is 0.844. The molecular weight excluding hydrogens is 320 g/mol. The Bertz CT molecular complexity index is 584. The van der Waals surface area contributed by atoms with Crippen LogP contribution in [0.5, 0.6) is 0 Å². The second kappa shape index (κ2) is 10.3. The quantitative estimate of drug-likeness (QED) is 0.573. The Morgan fingerprint density at radius 2 is 1.60 bits per heavy atom. The lowest BCUT2D eigenvalue weighted by Crippen LogP contribution is -2.45. The van der Waals surface area contributed by atoms with Crippen LogP contribution in [0.3, 0.4) is 0 Å². The molecule has 1 rings (SSSR count). The fourth-order valence-electron chi connectivity index (χ4n) is 2.02. The van der Waals surface area contributed by atoms with Gasteiger partial charge in [0.05, 0.1) is 0 Å². The average Bonchev–Trinajstić information content (AvgIpc) is 2.57. The molecule has 0 aromatic heterocycles. The molecule has 0 aliphatic heterocycles. The molecule has 7 heteroatoms. The van der Waals surface area contributed by atoms with Gasteiger partial charge in [0.25, 0.3) is 5.91 Å². The predicted octanol–water partition coefficient (Wildman–Crippen LogP) is 1.54. The number of urea groups is 1. The van der Waals surface area contributed by atoms with Crippen LogP contribution in [0.4, 0.5) is 4.79 Å². The summed E-state index contributed by atoms with van der Waals surface area (Å²) < 4.78 is 0. The third kappa shape index (κ3) is 7.69. The van der Waals surface area contributed by atoms with Crippen molar-refractivity contribution in [1.82, 2.24) is 21.3 Å². The number of benzene rings is 1. The van der Waals surface area contributed by atoms with Crippen molar-refractivity contribution >= 4 is 17.8 Å². The topological polar surface area (TPSA) is 99.3 Å². The van der Waals surface area contributed by atoms with E-state index in [4.69, 9.17) is 0 Å². The van der Waals surface area contributed by atoms with E-state index < -0.39 is 6.04 Å². The predicted molar refractivity (Wildman–Crippen MR) is 97.2 cm³/mol. The second-order valence-corrected chi connectivity index (χ2v) is 6.16. The van der Waals surface area contributed by atoms with E-state index in [2.05, 4.69) is 21.3 Å². The summed E-state index contributed by atoms with van der Waals surface area (Å²) in [7, 11) is 0. The summed E-state index contributed by atoms with van der Waals surface area (Å²) in [6.45, 7) is 8.34. The van der Waals surface area contributed by atoms with Gasteiger partial charge in [-0.3, -0.25) is 9.59 Å². The zero-order valence-corrected chi connectivity index (χ0v) is 15.3. The highest BCUT2D eigenvalue weighted by Gasteiger charge is 2.15. The lowest BCUT2D eigenvalue weighted by Gasteiger charge is -2.14. The van der Waals surface area contributed by atoms with E-state index in [0.717, 1.165) is 12.0 Å². The molecule has 1 unspecified atom stereocenters. The molecule has 0 aliphatic rings. The largest absolute Gasteiger partial charge is 0.354 e. The lowest BCUT2D eigenvalue weighted by atomic mass is 10.1. The first-order valence-electron chi connectivity index (χ1n) is 8.55. The highest BCUT2D eigenvalue weighted by molar-refractivity contribution is 5.97. The second-order valence-electron chi connectivity index (χ2n) is 6.16. The summed E-state index contributed by atoms with van der Waals surface area (Å²) in [5.74, 6) is -0.511. The highest BCUT2D eigenvalue weighted by Crippen LogP contribution is 2.05. The minimum Gasteiger partial charge on any atom is -0.354 e. The molecular formula is C18H28N4O3. The third-order valence-corrected chi connectivity index (χ3v) is 3.38. The van der Waals surface area contributed by atoms with Crippen LogP contribution in [0, 0.1) is 0 Å². The molecule has 0 fully saturated rings. The van der Waals surface area contributed by atoms with Crippen molar-refractivity contribution in [3.8, 4) is 0 Å². The maximum absolute atomic E-state index is 12.2. The van der Waals surface area contributed by atoms with Crippen LogP contribution in [0.1, 0.15) is 50.0 Å². The van der Waals surface area contributed by atoms with Crippen LogP contribution < -0.4 is 21.3 Å². The Balaban J connectivity index is 2.50. The van der Waals surface area contributed by atoms with Crippen LogP contribution in [-0.4, -0.2) is 36.5 Å². The Kier molecular flexibility index (Phi) is 8.46. The monoisotopic (exact) mass is 348 g/mol. The van der Waals surface area contributed by atoms with E-state index >= 15 is 0 Å². The van der Waals surface area contributed by atoms with Crippen LogP contribution in [-0.2, 0) is 11.3 Å². The molecule has 0 radical (unpaired) electrons. The fraction of sp³-hybridized carbons (Fsp3) is 0.500. The van der Waals surface area contributed by atoms with Gasteiger partial charge in [-0.15, -0.1) is 0 Å². The van der Waals surface area contributed by atoms with Gasteiger partial charge in [-0.1, -0.05) is 19.1 Å². The normalized spacial score (nSPS) is 11.6. The van der Waals surface area contributed by atoms with Crippen molar-refractivity contribution in [3.05, 3.63) is 35.4 Å². The minimum absolute atomic E-state index is 0.0718. The number of hydrogen-bond donors (Lipinski definition) is 4. The van der Waals surface area contributed by atoms with Crippen LogP contribution >= 0.6 is 0 Å². The Morgan fingerprint density at radius 3 is 2.16 bits per heavy atom. The molecule has 138 valence electrons. The summed E-state index contributed by atoms with van der Waals surface area (Å²) in [5, 5.41) is 10.9. The van der Waals surface area contributed by atoms with Crippen LogP contribution in [0.25, 0.3) is 0 Å². The fourth-order valence-corrected chi connectivity index (χ4v) is 2.02. The van der Waals surface area contributed by atoms with Gasteiger partial charge in [0.15, 0.2) is 0 Å². The van der Waals surface area contributed by atoms with E-state index in [1.807, 2.05) is 20.8 Å². The van der Waals surface area contributed by atoms with Gasteiger partial charge in [-0.25, -0.2) is 4.79 Å². The molecule has 0 saturated heterocycles. The molecule has 4 amide bonds. The molecule has 7 nitrogen and oxygen atoms in total. The molecule has 0 saturated carbocycles. The van der Waals surface area contributed by atoms with E-state index in [0.29, 0.717) is 18.7 Å². The molecule has 1 aromatic carbocycles. The van der Waals surface area contributed by atoms with Gasteiger partial charge in [-0.05, 0) is 44.9 Å². The van der Waals surface area contributed by atoms with Gasteiger partial charge in [0, 0.05) is 24.7 Å². The average molecular weight is 348 g/mol. The van der Waals surface area contributed by atoms with Crippen molar-refractivity contribution < 1.29 is 14.4 Å². The number of rotatable bonds is 8. The zero-order valence-electron chi connectivity index (χ0n) is 15.3. The highest BCUT2D eigenvalue weighted by atomic mass is 16.2. The number of carbonyl (C=O) groups is 3. The van der Waals surface area contributed by atoms with Crippen molar-refractivity contribution in [2.45, 2.75) is 52.7 Å². The minimum atomic E-state index is -0.597. The number of amides is 4. The number of carbonyl (C=O) groups excluding carboxylic acids is 3. The standard InChI is InChI=1S/C18H28N4O3/c1-5-10-19-16(23)13(4)22-17(24)15-8-6-14(7-9-15)11-20-18(25)21-12(2)3/h6-9,12-13H,5,10-11H2,1-4H3,(H,19,23)(H,22,24)(H2,20,21,25). The van der Waals surface area contributed by atoms with E-state index in [-0.39, 0.29) is 23.9 Å². The maximum atomic E-state index is 12.2. The molecule has 0 aliphatic carbocycles. The number of hydrogen-bond acceptors (Lipinski definition) is 3. The van der Waals surface area contributed by atoms with E-state index in [1.165, 1.54) is 0 Å². The first-order chi connectivity index (χ1) is 11.8. The Morgan fingerprint density at radius 1 is 0.960 bits per heavy atom. The zero-order chi connectivity index (χ0) is 18.8. The Labute approximate surface area is 148 Å². The van der Waals surface area contributed by atoms with Gasteiger partial charge in [0.2, 0.25) is 5.91 Å². The van der Waals surface area contributed by atoms with Gasteiger partial charge in [0.1, 0.15) is 6.04 Å². The van der Waals surface area contributed by atoms with Crippen molar-refractivity contribution in [3.63, 3.8) is 0 Å². The van der Waals surface area contributed by atoms with Crippen LogP contribution in [0.2, 0.25) is 0 Å². The Hall–Kier alpha value is -2.57. The van der Waals surface area contributed by atoms with E-state index in [1.54, 1.807) is 31.2 Å². The first kappa shape index (κ1) is 20.5. The molecule has 1 aromatic rings. The maximum Gasteiger partial charge on any atom is 0.315 e. The molecule has 0 bridgehead atoms. The van der Waals surface area contributed by atoms with Crippen molar-refractivity contribution in [2.75, 3.05) is 6.54 Å². The summed E-state index contributed by atoms with van der Waals surface area (Å²) in [4.78, 5) is 35.5. The molecule has 1 atom stereocenters. The smallest absolute Gasteiger partial charge is 0.315 e.